The number of anilines is 2. The van der Waals surface area contributed by atoms with E-state index >= 15 is 0 Å². The predicted octanol–water partition coefficient (Wildman–Crippen LogP) is 5.66. The number of hydrogen-bond donors (Lipinski definition) is 1. The van der Waals surface area contributed by atoms with Gasteiger partial charge in [0, 0.05) is 18.3 Å². The van der Waals surface area contributed by atoms with Gasteiger partial charge in [-0.15, -0.1) is 0 Å². The number of amides is 1. The molecule has 2 aliphatic heterocycles. The highest BCUT2D eigenvalue weighted by molar-refractivity contribution is 7.22. The van der Waals surface area contributed by atoms with Gasteiger partial charge in [0.1, 0.15) is 10.2 Å². The van der Waals surface area contributed by atoms with E-state index in [0.29, 0.717) is 34.4 Å². The van der Waals surface area contributed by atoms with Crippen LogP contribution in [0.1, 0.15) is 55.5 Å². The first-order valence-electron chi connectivity index (χ1n) is 12.0. The molecule has 7 heteroatoms. The van der Waals surface area contributed by atoms with Gasteiger partial charge in [0.25, 0.3) is 5.91 Å². The number of aryl methyl sites for hydroxylation is 1. The molecule has 6 nitrogen and oxygen atoms in total. The van der Waals surface area contributed by atoms with Gasteiger partial charge in [0.2, 0.25) is 6.79 Å². The fraction of sp³-hybridized carbons (Fsp3) is 0.462. The Morgan fingerprint density at radius 3 is 2.97 bits per heavy atom. The molecular weight excluding hydrogens is 434 g/mol. The molecule has 3 aromatic rings. The third kappa shape index (κ3) is 3.53. The van der Waals surface area contributed by atoms with E-state index in [1.54, 1.807) is 11.3 Å². The number of fused-ring (bicyclic) bond motifs is 4. The number of carbonyl (C=O) groups is 1. The summed E-state index contributed by atoms with van der Waals surface area (Å²) in [6.07, 6.45) is 5.57. The Morgan fingerprint density at radius 1 is 1.18 bits per heavy atom. The lowest BCUT2D eigenvalue weighted by Crippen LogP contribution is -2.43. The summed E-state index contributed by atoms with van der Waals surface area (Å²) in [6, 6.07) is 10.5. The van der Waals surface area contributed by atoms with Crippen LogP contribution in [-0.2, 0) is 6.42 Å². The van der Waals surface area contributed by atoms with Crippen LogP contribution in [0, 0.1) is 11.8 Å². The molecule has 1 N–H and O–H groups in total. The number of aromatic nitrogens is 1. The number of para-hydroxylation sites is 1. The van der Waals surface area contributed by atoms with Gasteiger partial charge < -0.3 is 19.7 Å². The summed E-state index contributed by atoms with van der Waals surface area (Å²) in [5.41, 5.74) is 3.82. The minimum atomic E-state index is -0.0693. The molecular formula is C26H29N3O3S. The fourth-order valence-electron chi connectivity index (χ4n) is 5.47. The highest BCUT2D eigenvalue weighted by atomic mass is 32.1. The van der Waals surface area contributed by atoms with Gasteiger partial charge in [0.05, 0.1) is 5.56 Å². The van der Waals surface area contributed by atoms with Gasteiger partial charge in [-0.2, -0.15) is 0 Å². The number of hydrogen-bond acceptors (Lipinski definition) is 6. The minimum absolute atomic E-state index is 0.0693. The molecule has 1 amide bonds. The Hall–Kier alpha value is -2.80. The molecule has 1 fully saturated rings. The van der Waals surface area contributed by atoms with Crippen LogP contribution in [0.5, 0.6) is 11.5 Å². The summed E-state index contributed by atoms with van der Waals surface area (Å²) in [5.74, 6) is 2.34. The molecule has 0 spiro atoms. The zero-order valence-electron chi connectivity index (χ0n) is 19.1. The first-order chi connectivity index (χ1) is 16.1. The lowest BCUT2D eigenvalue weighted by molar-refractivity contribution is 0.0892. The van der Waals surface area contributed by atoms with E-state index in [9.17, 15) is 4.79 Å². The number of nitrogens with one attached hydrogen (secondary N) is 1. The van der Waals surface area contributed by atoms with Crippen LogP contribution in [0.2, 0.25) is 0 Å². The van der Waals surface area contributed by atoms with Gasteiger partial charge in [0.15, 0.2) is 16.6 Å². The molecule has 3 atom stereocenters. The van der Waals surface area contributed by atoms with E-state index in [0.717, 1.165) is 42.1 Å². The largest absolute Gasteiger partial charge is 0.454 e. The Kier molecular flexibility index (Phi) is 5.17. The molecule has 6 rings (SSSR count). The fourth-order valence-corrected chi connectivity index (χ4v) is 6.59. The van der Waals surface area contributed by atoms with Gasteiger partial charge in [-0.25, -0.2) is 4.98 Å². The van der Waals surface area contributed by atoms with Crippen molar-refractivity contribution < 1.29 is 14.3 Å². The number of rotatable bonds is 3. The van der Waals surface area contributed by atoms with Crippen molar-refractivity contribution in [1.29, 1.82) is 0 Å². The maximum atomic E-state index is 13.5. The summed E-state index contributed by atoms with van der Waals surface area (Å²) in [6.45, 7) is 5.62. The van der Waals surface area contributed by atoms with Crippen molar-refractivity contribution in [1.82, 2.24) is 10.3 Å². The number of carbonyl (C=O) groups excluding carboxylic acids is 1. The van der Waals surface area contributed by atoms with Crippen LogP contribution in [0.25, 0.3) is 10.2 Å². The average molecular weight is 464 g/mol. The molecule has 3 heterocycles. The molecule has 2 aromatic carbocycles. The molecule has 1 saturated carbocycles. The second-order valence-electron chi connectivity index (χ2n) is 9.56. The molecule has 3 aliphatic rings. The summed E-state index contributed by atoms with van der Waals surface area (Å²) in [5, 5.41) is 4.22. The quantitative estimate of drug-likeness (QED) is 0.543. The first kappa shape index (κ1) is 20.8. The maximum Gasteiger partial charge on any atom is 0.253 e. The molecule has 1 aliphatic carbocycles. The van der Waals surface area contributed by atoms with Crippen LogP contribution >= 0.6 is 11.3 Å². The number of nitrogens with zero attached hydrogens (tertiary/aromatic N) is 2. The molecule has 0 unspecified atom stereocenters. The van der Waals surface area contributed by atoms with E-state index in [-0.39, 0.29) is 18.7 Å². The van der Waals surface area contributed by atoms with Crippen LogP contribution in [0.15, 0.2) is 30.3 Å². The monoisotopic (exact) mass is 463 g/mol. The van der Waals surface area contributed by atoms with Crippen LogP contribution < -0.4 is 19.7 Å². The van der Waals surface area contributed by atoms with Crippen LogP contribution in [0.3, 0.4) is 0 Å². The van der Waals surface area contributed by atoms with E-state index in [1.807, 2.05) is 6.07 Å². The molecule has 0 bridgehead atoms. The number of benzene rings is 2. The minimum Gasteiger partial charge on any atom is -0.454 e. The number of ether oxygens (including phenoxy) is 2. The Bertz CT molecular complexity index is 1220. The Morgan fingerprint density at radius 2 is 2.06 bits per heavy atom. The highest BCUT2D eigenvalue weighted by Gasteiger charge is 2.32. The molecule has 0 saturated heterocycles. The predicted molar refractivity (Wildman–Crippen MR) is 131 cm³/mol. The summed E-state index contributed by atoms with van der Waals surface area (Å²) < 4.78 is 12.4. The van der Waals surface area contributed by atoms with Crippen LogP contribution in [-0.4, -0.2) is 30.3 Å². The third-order valence-corrected chi connectivity index (χ3v) is 8.68. The zero-order chi connectivity index (χ0) is 22.5. The average Bonchev–Trinajstić information content (AvgIpc) is 3.48. The molecule has 0 radical (unpaired) electrons. The van der Waals surface area contributed by atoms with Gasteiger partial charge in [-0.05, 0) is 48.8 Å². The smallest absolute Gasteiger partial charge is 0.253 e. The Labute approximate surface area is 197 Å². The van der Waals surface area contributed by atoms with E-state index in [2.05, 4.69) is 48.3 Å². The summed E-state index contributed by atoms with van der Waals surface area (Å²) in [4.78, 5) is 20.8. The van der Waals surface area contributed by atoms with E-state index in [4.69, 9.17) is 14.5 Å². The van der Waals surface area contributed by atoms with Crippen LogP contribution in [0.4, 0.5) is 10.8 Å². The second kappa shape index (κ2) is 8.20. The lowest BCUT2D eigenvalue weighted by atomic mass is 9.78. The second-order valence-corrected chi connectivity index (χ2v) is 10.5. The summed E-state index contributed by atoms with van der Waals surface area (Å²) in [7, 11) is 0. The summed E-state index contributed by atoms with van der Waals surface area (Å²) >= 11 is 1.58. The number of thiazole rings is 1. The lowest BCUT2D eigenvalue weighted by Gasteiger charge is -2.34. The third-order valence-electron chi connectivity index (χ3n) is 7.60. The zero-order valence-corrected chi connectivity index (χ0v) is 19.9. The Balaban J connectivity index is 1.40. The first-order valence-corrected chi connectivity index (χ1v) is 12.8. The normalized spacial score (nSPS) is 24.1. The maximum absolute atomic E-state index is 13.5. The molecule has 172 valence electrons. The van der Waals surface area contributed by atoms with Crippen molar-refractivity contribution in [2.24, 2.45) is 11.8 Å². The van der Waals surface area contributed by atoms with Gasteiger partial charge in [-0.3, -0.25) is 4.79 Å². The SMILES string of the molecule is C[C@@H]1[C@H](C)CCC[C@@H]1NC(=O)c1cc2c(c3sc(N4CCCc5ccccc54)nc13)OCO2. The highest BCUT2D eigenvalue weighted by Crippen LogP contribution is 2.47. The van der Waals surface area contributed by atoms with Crippen molar-refractivity contribution in [2.45, 2.75) is 52.0 Å². The van der Waals surface area contributed by atoms with Crippen molar-refractivity contribution in [3.8, 4) is 11.5 Å². The van der Waals surface area contributed by atoms with Crippen molar-refractivity contribution in [3.63, 3.8) is 0 Å². The van der Waals surface area contributed by atoms with Crippen molar-refractivity contribution in [2.75, 3.05) is 18.2 Å². The molecule has 33 heavy (non-hydrogen) atoms. The van der Waals surface area contributed by atoms with E-state index in [1.165, 1.54) is 17.7 Å². The van der Waals surface area contributed by atoms with Gasteiger partial charge in [-0.1, -0.05) is 56.2 Å². The van der Waals surface area contributed by atoms with Gasteiger partial charge >= 0.3 is 0 Å². The van der Waals surface area contributed by atoms with E-state index < -0.39 is 0 Å². The molecule has 1 aromatic heterocycles. The topological polar surface area (TPSA) is 63.7 Å². The van der Waals surface area contributed by atoms with Crippen molar-refractivity contribution >= 4 is 38.3 Å². The standard InChI is InChI=1S/C26H29N3O3S/c1-15-7-5-10-19(16(15)2)27-25(30)18-13-21-23(32-14-31-21)24-22(18)28-26(33-24)29-12-6-9-17-8-3-4-11-20(17)29/h3-4,8,11,13,15-16,19H,5-7,9-10,12,14H2,1-2H3,(H,27,30)/t15-,16-,19+/m1/s1. The van der Waals surface area contributed by atoms with Crippen molar-refractivity contribution in [3.05, 3.63) is 41.5 Å².